The van der Waals surface area contributed by atoms with Crippen molar-refractivity contribution >= 4 is 0 Å². The van der Waals surface area contributed by atoms with Gasteiger partial charge in [0.1, 0.15) is 0 Å². The van der Waals surface area contributed by atoms with Crippen LogP contribution >= 0.6 is 0 Å². The van der Waals surface area contributed by atoms with E-state index in [0.717, 1.165) is 12.5 Å². The first-order valence-electron chi connectivity index (χ1n) is 4.70. The SMILES string of the molecule is CCC1CCN(CC(C)N)C1. The molecule has 1 saturated heterocycles. The molecule has 1 heterocycles. The van der Waals surface area contributed by atoms with Crippen LogP contribution in [0.15, 0.2) is 0 Å². The zero-order valence-corrected chi connectivity index (χ0v) is 7.71. The highest BCUT2D eigenvalue weighted by Crippen LogP contribution is 2.18. The molecular formula is C9H20N2. The van der Waals surface area contributed by atoms with Gasteiger partial charge in [-0.1, -0.05) is 13.3 Å². The van der Waals surface area contributed by atoms with E-state index in [1.807, 2.05) is 0 Å². The Morgan fingerprint density at radius 1 is 1.64 bits per heavy atom. The van der Waals surface area contributed by atoms with Crippen LogP contribution in [0.2, 0.25) is 0 Å². The van der Waals surface area contributed by atoms with Gasteiger partial charge >= 0.3 is 0 Å². The Morgan fingerprint density at radius 3 is 2.82 bits per heavy atom. The van der Waals surface area contributed by atoms with Gasteiger partial charge in [-0.05, 0) is 25.8 Å². The minimum absolute atomic E-state index is 0.339. The van der Waals surface area contributed by atoms with E-state index in [-0.39, 0.29) is 0 Å². The average Bonchev–Trinajstić information content (AvgIpc) is 2.34. The van der Waals surface area contributed by atoms with Gasteiger partial charge in [0.05, 0.1) is 0 Å². The zero-order chi connectivity index (χ0) is 8.27. The van der Waals surface area contributed by atoms with E-state index >= 15 is 0 Å². The topological polar surface area (TPSA) is 29.3 Å². The molecule has 0 saturated carbocycles. The van der Waals surface area contributed by atoms with E-state index in [2.05, 4.69) is 18.7 Å². The number of hydrogen-bond donors (Lipinski definition) is 1. The molecule has 0 aromatic heterocycles. The molecule has 1 fully saturated rings. The quantitative estimate of drug-likeness (QED) is 0.662. The summed E-state index contributed by atoms with van der Waals surface area (Å²) in [5.74, 6) is 0.939. The Kier molecular flexibility index (Phi) is 3.34. The van der Waals surface area contributed by atoms with Crippen LogP contribution in [0.1, 0.15) is 26.7 Å². The lowest BCUT2D eigenvalue weighted by atomic mass is 10.1. The molecule has 0 aromatic carbocycles. The standard InChI is InChI=1S/C9H20N2/c1-3-9-4-5-11(7-9)6-8(2)10/h8-9H,3-7,10H2,1-2H3. The minimum Gasteiger partial charge on any atom is -0.327 e. The molecule has 2 atom stereocenters. The summed E-state index contributed by atoms with van der Waals surface area (Å²) in [4.78, 5) is 2.48. The first-order valence-corrected chi connectivity index (χ1v) is 4.70. The minimum atomic E-state index is 0.339. The summed E-state index contributed by atoms with van der Waals surface area (Å²) in [6.45, 7) is 7.98. The maximum atomic E-state index is 5.72. The van der Waals surface area contributed by atoms with E-state index in [1.165, 1.54) is 25.9 Å². The molecule has 0 radical (unpaired) electrons. The molecule has 0 amide bonds. The van der Waals surface area contributed by atoms with Crippen LogP contribution in [0.25, 0.3) is 0 Å². The van der Waals surface area contributed by atoms with Gasteiger partial charge in [0.2, 0.25) is 0 Å². The van der Waals surface area contributed by atoms with Crippen LogP contribution in [0.5, 0.6) is 0 Å². The monoisotopic (exact) mass is 156 g/mol. The van der Waals surface area contributed by atoms with Gasteiger partial charge in [0.15, 0.2) is 0 Å². The first-order chi connectivity index (χ1) is 5.22. The van der Waals surface area contributed by atoms with Crippen LogP contribution in [0.4, 0.5) is 0 Å². The average molecular weight is 156 g/mol. The fourth-order valence-electron chi connectivity index (χ4n) is 1.82. The molecule has 0 aliphatic carbocycles. The number of nitrogens with two attached hydrogens (primary N) is 1. The fourth-order valence-corrected chi connectivity index (χ4v) is 1.82. The lowest BCUT2D eigenvalue weighted by Crippen LogP contribution is -2.34. The second-order valence-electron chi connectivity index (χ2n) is 3.80. The Morgan fingerprint density at radius 2 is 2.36 bits per heavy atom. The van der Waals surface area contributed by atoms with Crippen molar-refractivity contribution in [2.24, 2.45) is 11.7 Å². The Hall–Kier alpha value is -0.0800. The van der Waals surface area contributed by atoms with Crippen LogP contribution in [0.3, 0.4) is 0 Å². The second kappa shape index (κ2) is 4.07. The van der Waals surface area contributed by atoms with Crippen molar-refractivity contribution in [1.29, 1.82) is 0 Å². The van der Waals surface area contributed by atoms with Gasteiger partial charge in [-0.25, -0.2) is 0 Å². The fraction of sp³-hybridized carbons (Fsp3) is 1.00. The summed E-state index contributed by atoms with van der Waals surface area (Å²) in [5, 5.41) is 0. The normalized spacial score (nSPS) is 29.2. The van der Waals surface area contributed by atoms with Crippen molar-refractivity contribution in [3.05, 3.63) is 0 Å². The number of hydrogen-bond acceptors (Lipinski definition) is 2. The summed E-state index contributed by atoms with van der Waals surface area (Å²) >= 11 is 0. The number of likely N-dealkylation sites (tertiary alicyclic amines) is 1. The summed E-state index contributed by atoms with van der Waals surface area (Å²) in [7, 11) is 0. The van der Waals surface area contributed by atoms with Crippen molar-refractivity contribution in [1.82, 2.24) is 4.90 Å². The van der Waals surface area contributed by atoms with Gasteiger partial charge < -0.3 is 10.6 Å². The lowest BCUT2D eigenvalue weighted by Gasteiger charge is -2.17. The lowest BCUT2D eigenvalue weighted by molar-refractivity contribution is 0.307. The van der Waals surface area contributed by atoms with Gasteiger partial charge in [-0.2, -0.15) is 0 Å². The van der Waals surface area contributed by atoms with Crippen molar-refractivity contribution in [2.45, 2.75) is 32.7 Å². The number of rotatable bonds is 3. The third-order valence-corrected chi connectivity index (χ3v) is 2.49. The highest BCUT2D eigenvalue weighted by Gasteiger charge is 2.20. The van der Waals surface area contributed by atoms with Crippen molar-refractivity contribution in [3.8, 4) is 0 Å². The maximum absolute atomic E-state index is 5.72. The number of nitrogens with zero attached hydrogens (tertiary/aromatic N) is 1. The van der Waals surface area contributed by atoms with Crippen LogP contribution < -0.4 is 5.73 Å². The Labute approximate surface area is 69.8 Å². The molecule has 1 aliphatic heterocycles. The van der Waals surface area contributed by atoms with Gasteiger partial charge in [0.25, 0.3) is 0 Å². The van der Waals surface area contributed by atoms with Gasteiger partial charge in [-0.15, -0.1) is 0 Å². The van der Waals surface area contributed by atoms with E-state index in [4.69, 9.17) is 5.73 Å². The molecule has 1 rings (SSSR count). The van der Waals surface area contributed by atoms with Gasteiger partial charge in [-0.3, -0.25) is 0 Å². The van der Waals surface area contributed by atoms with Crippen molar-refractivity contribution in [2.75, 3.05) is 19.6 Å². The van der Waals surface area contributed by atoms with Crippen molar-refractivity contribution < 1.29 is 0 Å². The predicted octanol–water partition coefficient (Wildman–Crippen LogP) is 1.07. The van der Waals surface area contributed by atoms with E-state index in [9.17, 15) is 0 Å². The van der Waals surface area contributed by atoms with E-state index < -0.39 is 0 Å². The van der Waals surface area contributed by atoms with Crippen LogP contribution in [-0.2, 0) is 0 Å². The molecule has 0 spiro atoms. The second-order valence-corrected chi connectivity index (χ2v) is 3.80. The summed E-state index contributed by atoms with van der Waals surface area (Å²) in [6, 6.07) is 0.339. The third kappa shape index (κ3) is 2.80. The molecule has 2 heteroatoms. The highest BCUT2D eigenvalue weighted by atomic mass is 15.2. The predicted molar refractivity (Wildman–Crippen MR) is 48.5 cm³/mol. The highest BCUT2D eigenvalue weighted by molar-refractivity contribution is 4.76. The van der Waals surface area contributed by atoms with Crippen LogP contribution in [0, 0.1) is 5.92 Å². The van der Waals surface area contributed by atoms with Crippen molar-refractivity contribution in [3.63, 3.8) is 0 Å². The van der Waals surface area contributed by atoms with E-state index in [0.29, 0.717) is 6.04 Å². The molecule has 2 unspecified atom stereocenters. The molecule has 0 aromatic rings. The zero-order valence-electron chi connectivity index (χ0n) is 7.71. The van der Waals surface area contributed by atoms with E-state index in [1.54, 1.807) is 0 Å². The molecule has 2 nitrogen and oxygen atoms in total. The molecule has 2 N–H and O–H groups in total. The smallest absolute Gasteiger partial charge is 0.0139 e. The Bertz CT molecular complexity index is 112. The van der Waals surface area contributed by atoms with Crippen LogP contribution in [-0.4, -0.2) is 30.6 Å². The third-order valence-electron chi connectivity index (χ3n) is 2.49. The Balaban J connectivity index is 2.19. The first kappa shape index (κ1) is 9.01. The summed E-state index contributed by atoms with van der Waals surface area (Å²) < 4.78 is 0. The molecular weight excluding hydrogens is 136 g/mol. The molecule has 66 valence electrons. The largest absolute Gasteiger partial charge is 0.327 e. The molecule has 0 bridgehead atoms. The summed E-state index contributed by atoms with van der Waals surface area (Å²) in [6.07, 6.45) is 2.71. The maximum Gasteiger partial charge on any atom is 0.0139 e. The summed E-state index contributed by atoms with van der Waals surface area (Å²) in [5.41, 5.74) is 5.72. The molecule has 11 heavy (non-hydrogen) atoms. The molecule has 1 aliphatic rings. The van der Waals surface area contributed by atoms with Gasteiger partial charge in [0, 0.05) is 19.1 Å².